The first-order chi connectivity index (χ1) is 14.0. The minimum Gasteiger partial charge on any atom is -0.340 e. The molecule has 1 heterocycles. The molecule has 2 aromatic carbocycles. The first-order valence-corrected chi connectivity index (χ1v) is 10.4. The number of carbonyl (C=O) groups excluding carboxylic acids is 2. The van der Waals surface area contributed by atoms with Crippen molar-refractivity contribution in [2.75, 3.05) is 32.7 Å². The summed E-state index contributed by atoms with van der Waals surface area (Å²) in [7, 11) is 0. The summed E-state index contributed by atoms with van der Waals surface area (Å²) in [5, 5.41) is 0. The highest BCUT2D eigenvalue weighted by Gasteiger charge is 2.24. The molecule has 1 aliphatic rings. The van der Waals surface area contributed by atoms with Crippen LogP contribution in [0.5, 0.6) is 0 Å². The molecule has 0 spiro atoms. The van der Waals surface area contributed by atoms with E-state index < -0.39 is 0 Å². The number of nitrogens with zero attached hydrogens (tertiary/aromatic N) is 3. The Morgan fingerprint density at radius 1 is 0.897 bits per heavy atom. The predicted molar refractivity (Wildman–Crippen MR) is 116 cm³/mol. The van der Waals surface area contributed by atoms with Crippen LogP contribution in [0.2, 0.25) is 0 Å². The highest BCUT2D eigenvalue weighted by Crippen LogP contribution is 2.12. The van der Waals surface area contributed by atoms with Gasteiger partial charge in [-0.1, -0.05) is 48.5 Å². The fraction of sp³-hybridized carbons (Fsp3) is 0.417. The standard InChI is InChI=1S/C24H31N3O2/c1-20(2)27(24(29)22-11-7-4-8-12-22)14-13-23(28)26-17-15-25(16-18-26)19-21-9-5-3-6-10-21/h3-12,20H,13-19H2,1-2H3. The van der Waals surface area contributed by atoms with Crippen molar-refractivity contribution in [2.24, 2.45) is 0 Å². The number of benzene rings is 2. The van der Waals surface area contributed by atoms with Crippen LogP contribution in [0.15, 0.2) is 60.7 Å². The zero-order valence-electron chi connectivity index (χ0n) is 17.5. The molecule has 0 atom stereocenters. The molecule has 1 fully saturated rings. The van der Waals surface area contributed by atoms with E-state index in [-0.39, 0.29) is 17.9 Å². The number of piperazine rings is 1. The molecule has 2 aromatic rings. The fourth-order valence-corrected chi connectivity index (χ4v) is 3.71. The topological polar surface area (TPSA) is 43.9 Å². The molecule has 0 saturated carbocycles. The van der Waals surface area contributed by atoms with Gasteiger partial charge >= 0.3 is 0 Å². The Morgan fingerprint density at radius 2 is 1.48 bits per heavy atom. The van der Waals surface area contributed by atoms with Crippen molar-refractivity contribution in [2.45, 2.75) is 32.9 Å². The van der Waals surface area contributed by atoms with Gasteiger partial charge in [0.2, 0.25) is 5.91 Å². The van der Waals surface area contributed by atoms with E-state index in [0.717, 1.165) is 32.7 Å². The van der Waals surface area contributed by atoms with Crippen LogP contribution in [0.4, 0.5) is 0 Å². The first-order valence-electron chi connectivity index (χ1n) is 10.4. The molecule has 1 saturated heterocycles. The molecular weight excluding hydrogens is 362 g/mol. The zero-order chi connectivity index (χ0) is 20.6. The predicted octanol–water partition coefficient (Wildman–Crippen LogP) is 3.27. The summed E-state index contributed by atoms with van der Waals surface area (Å²) in [5.74, 6) is 0.122. The van der Waals surface area contributed by atoms with Crippen LogP contribution in [-0.2, 0) is 11.3 Å². The van der Waals surface area contributed by atoms with Gasteiger partial charge in [0.1, 0.15) is 0 Å². The smallest absolute Gasteiger partial charge is 0.254 e. The summed E-state index contributed by atoms with van der Waals surface area (Å²) < 4.78 is 0. The SMILES string of the molecule is CC(C)N(CCC(=O)N1CCN(Cc2ccccc2)CC1)C(=O)c1ccccc1. The monoisotopic (exact) mass is 393 g/mol. The molecule has 0 N–H and O–H groups in total. The first kappa shape index (κ1) is 21.1. The molecule has 1 aliphatic heterocycles. The molecule has 0 aromatic heterocycles. The van der Waals surface area contributed by atoms with Gasteiger partial charge < -0.3 is 9.80 Å². The van der Waals surface area contributed by atoms with Crippen molar-refractivity contribution in [1.82, 2.24) is 14.7 Å². The Kier molecular flexibility index (Phi) is 7.42. The summed E-state index contributed by atoms with van der Waals surface area (Å²) in [6, 6.07) is 19.8. The van der Waals surface area contributed by atoms with Crippen molar-refractivity contribution < 1.29 is 9.59 Å². The van der Waals surface area contributed by atoms with Gasteiger partial charge in [0.05, 0.1) is 0 Å². The van der Waals surface area contributed by atoms with Crippen molar-refractivity contribution >= 4 is 11.8 Å². The molecule has 3 rings (SSSR count). The van der Waals surface area contributed by atoms with E-state index >= 15 is 0 Å². The van der Waals surface area contributed by atoms with Crippen molar-refractivity contribution in [1.29, 1.82) is 0 Å². The minimum absolute atomic E-state index is 0.0129. The van der Waals surface area contributed by atoms with Gasteiger partial charge in [-0.2, -0.15) is 0 Å². The summed E-state index contributed by atoms with van der Waals surface area (Å²) in [5.41, 5.74) is 1.97. The molecule has 29 heavy (non-hydrogen) atoms. The van der Waals surface area contributed by atoms with E-state index in [1.165, 1.54) is 5.56 Å². The van der Waals surface area contributed by atoms with Crippen LogP contribution in [0.25, 0.3) is 0 Å². The van der Waals surface area contributed by atoms with Crippen molar-refractivity contribution in [3.05, 3.63) is 71.8 Å². The number of rotatable bonds is 7. The van der Waals surface area contributed by atoms with Crippen LogP contribution >= 0.6 is 0 Å². The van der Waals surface area contributed by atoms with Crippen LogP contribution in [0, 0.1) is 0 Å². The van der Waals surface area contributed by atoms with E-state index in [1.54, 1.807) is 4.90 Å². The second-order valence-corrected chi connectivity index (χ2v) is 7.85. The Bertz CT molecular complexity index is 784. The number of hydrogen-bond acceptors (Lipinski definition) is 3. The fourth-order valence-electron chi connectivity index (χ4n) is 3.71. The molecule has 154 valence electrons. The van der Waals surface area contributed by atoms with Gasteiger partial charge in [-0.25, -0.2) is 0 Å². The second-order valence-electron chi connectivity index (χ2n) is 7.85. The van der Waals surface area contributed by atoms with E-state index in [1.807, 2.05) is 55.1 Å². The maximum Gasteiger partial charge on any atom is 0.254 e. The third-order valence-corrected chi connectivity index (χ3v) is 5.45. The van der Waals surface area contributed by atoms with Crippen molar-refractivity contribution in [3.63, 3.8) is 0 Å². The summed E-state index contributed by atoms with van der Waals surface area (Å²) in [6.07, 6.45) is 0.370. The molecule has 0 bridgehead atoms. The van der Waals surface area contributed by atoms with Crippen LogP contribution in [-0.4, -0.2) is 65.3 Å². The molecule has 5 heteroatoms. The number of amides is 2. The lowest BCUT2D eigenvalue weighted by Crippen LogP contribution is -2.49. The van der Waals surface area contributed by atoms with E-state index in [0.29, 0.717) is 18.5 Å². The maximum absolute atomic E-state index is 12.8. The Morgan fingerprint density at radius 3 is 2.07 bits per heavy atom. The normalized spacial score (nSPS) is 14.8. The quantitative estimate of drug-likeness (QED) is 0.725. The molecule has 0 radical (unpaired) electrons. The van der Waals surface area contributed by atoms with E-state index in [4.69, 9.17) is 0 Å². The molecular formula is C24H31N3O2. The van der Waals surface area contributed by atoms with Gasteiger partial charge in [0.15, 0.2) is 0 Å². The zero-order valence-corrected chi connectivity index (χ0v) is 17.5. The Hall–Kier alpha value is -2.66. The molecule has 0 aliphatic carbocycles. The van der Waals surface area contributed by atoms with Crippen LogP contribution < -0.4 is 0 Å². The average molecular weight is 394 g/mol. The van der Waals surface area contributed by atoms with E-state index in [9.17, 15) is 9.59 Å². The van der Waals surface area contributed by atoms with Gasteiger partial charge in [-0.05, 0) is 31.5 Å². The van der Waals surface area contributed by atoms with Gasteiger partial charge in [-0.15, -0.1) is 0 Å². The molecule has 2 amide bonds. The molecule has 5 nitrogen and oxygen atoms in total. The third kappa shape index (κ3) is 5.91. The lowest BCUT2D eigenvalue weighted by atomic mass is 10.1. The van der Waals surface area contributed by atoms with Gasteiger partial charge in [0, 0.05) is 57.3 Å². The largest absolute Gasteiger partial charge is 0.340 e. The number of hydrogen-bond donors (Lipinski definition) is 0. The second kappa shape index (κ2) is 10.2. The lowest BCUT2D eigenvalue weighted by Gasteiger charge is -2.35. The average Bonchev–Trinajstić information content (AvgIpc) is 2.75. The highest BCUT2D eigenvalue weighted by molar-refractivity contribution is 5.94. The summed E-state index contributed by atoms with van der Waals surface area (Å²) >= 11 is 0. The van der Waals surface area contributed by atoms with Gasteiger partial charge in [0.25, 0.3) is 5.91 Å². The summed E-state index contributed by atoms with van der Waals surface area (Å²) in [6.45, 7) is 8.64. The Balaban J connectivity index is 1.48. The number of carbonyl (C=O) groups is 2. The summed E-state index contributed by atoms with van der Waals surface area (Å²) in [4.78, 5) is 31.6. The van der Waals surface area contributed by atoms with Crippen LogP contribution in [0.3, 0.4) is 0 Å². The minimum atomic E-state index is -0.0129. The third-order valence-electron chi connectivity index (χ3n) is 5.45. The van der Waals surface area contributed by atoms with Gasteiger partial charge in [-0.3, -0.25) is 14.5 Å². The Labute approximate surface area is 173 Å². The maximum atomic E-state index is 12.8. The molecule has 0 unspecified atom stereocenters. The van der Waals surface area contributed by atoms with E-state index in [2.05, 4.69) is 29.2 Å². The van der Waals surface area contributed by atoms with Crippen molar-refractivity contribution in [3.8, 4) is 0 Å². The van der Waals surface area contributed by atoms with Crippen LogP contribution in [0.1, 0.15) is 36.2 Å². The highest BCUT2D eigenvalue weighted by atomic mass is 16.2. The lowest BCUT2D eigenvalue weighted by molar-refractivity contribution is -0.133.